The van der Waals surface area contributed by atoms with Crippen LogP contribution in [0.2, 0.25) is 0 Å². The summed E-state index contributed by atoms with van der Waals surface area (Å²) in [6, 6.07) is 6.49. The van der Waals surface area contributed by atoms with Crippen LogP contribution in [0.5, 0.6) is 5.75 Å². The lowest BCUT2D eigenvalue weighted by Crippen LogP contribution is -2.26. The Kier molecular flexibility index (Phi) is 3.42. The number of ether oxygens (including phenoxy) is 1. The van der Waals surface area contributed by atoms with Gasteiger partial charge in [-0.3, -0.25) is 0 Å². The number of nitrogens with one attached hydrogen (secondary N) is 1. The van der Waals surface area contributed by atoms with Gasteiger partial charge in [-0.1, -0.05) is 26.3 Å². The molecule has 1 aliphatic carbocycles. The highest BCUT2D eigenvalue weighted by molar-refractivity contribution is 5.58. The maximum absolute atomic E-state index is 6.02. The quantitative estimate of drug-likeness (QED) is 0.876. The maximum Gasteiger partial charge on any atom is 0.121 e. The van der Waals surface area contributed by atoms with Gasteiger partial charge in [0.2, 0.25) is 0 Å². The first-order chi connectivity index (χ1) is 9.12. The fourth-order valence-electron chi connectivity index (χ4n) is 3.57. The molecule has 0 radical (unpaired) electrons. The number of hydrogen-bond donors (Lipinski definition) is 1. The average Bonchev–Trinajstić information content (AvgIpc) is 2.82. The second kappa shape index (κ2) is 5.07. The summed E-state index contributed by atoms with van der Waals surface area (Å²) in [5.41, 5.74) is 3.19. The molecule has 1 aliphatic heterocycles. The summed E-state index contributed by atoms with van der Waals surface area (Å²) >= 11 is 0. The number of rotatable bonds is 3. The molecule has 1 aromatic carbocycles. The van der Waals surface area contributed by atoms with Crippen molar-refractivity contribution in [2.45, 2.75) is 46.0 Å². The van der Waals surface area contributed by atoms with Crippen molar-refractivity contribution in [3.05, 3.63) is 23.8 Å². The van der Waals surface area contributed by atoms with Crippen LogP contribution in [0.3, 0.4) is 0 Å². The van der Waals surface area contributed by atoms with Gasteiger partial charge in [0, 0.05) is 18.3 Å². The molecular formula is C17H25NO. The first-order valence-electron chi connectivity index (χ1n) is 7.62. The molecule has 2 nitrogen and oxygen atoms in total. The van der Waals surface area contributed by atoms with Crippen molar-refractivity contribution in [2.75, 3.05) is 18.5 Å². The van der Waals surface area contributed by atoms with Crippen molar-refractivity contribution in [1.82, 2.24) is 0 Å². The average molecular weight is 259 g/mol. The summed E-state index contributed by atoms with van der Waals surface area (Å²) in [5, 5.41) is 3.41. The highest BCUT2D eigenvalue weighted by Crippen LogP contribution is 2.38. The fraction of sp³-hybridized carbons (Fsp3) is 0.647. The van der Waals surface area contributed by atoms with Gasteiger partial charge in [0.15, 0.2) is 0 Å². The third-order valence-corrected chi connectivity index (χ3v) is 4.58. The van der Waals surface area contributed by atoms with Crippen LogP contribution in [0.15, 0.2) is 18.2 Å². The van der Waals surface area contributed by atoms with E-state index in [1.165, 1.54) is 36.9 Å². The van der Waals surface area contributed by atoms with E-state index in [9.17, 15) is 0 Å². The lowest BCUT2D eigenvalue weighted by Gasteiger charge is -2.35. The van der Waals surface area contributed by atoms with Gasteiger partial charge < -0.3 is 10.1 Å². The lowest BCUT2D eigenvalue weighted by molar-refractivity contribution is 0.129. The van der Waals surface area contributed by atoms with Gasteiger partial charge >= 0.3 is 0 Å². The van der Waals surface area contributed by atoms with Crippen molar-refractivity contribution >= 4 is 5.69 Å². The van der Waals surface area contributed by atoms with E-state index in [1.807, 2.05) is 0 Å². The molecule has 1 aromatic rings. The van der Waals surface area contributed by atoms with Crippen molar-refractivity contribution in [3.8, 4) is 5.75 Å². The molecule has 0 spiro atoms. The number of fused-ring (bicyclic) bond motifs is 1. The molecule has 104 valence electrons. The van der Waals surface area contributed by atoms with Crippen LogP contribution in [-0.4, -0.2) is 13.2 Å². The monoisotopic (exact) mass is 259 g/mol. The molecule has 1 saturated carbocycles. The van der Waals surface area contributed by atoms with Gasteiger partial charge in [-0.2, -0.15) is 0 Å². The van der Waals surface area contributed by atoms with Crippen LogP contribution < -0.4 is 10.1 Å². The van der Waals surface area contributed by atoms with Crippen LogP contribution >= 0.6 is 0 Å². The Morgan fingerprint density at radius 3 is 3.11 bits per heavy atom. The molecule has 2 aliphatic rings. The Morgan fingerprint density at radius 2 is 2.26 bits per heavy atom. The third-order valence-electron chi connectivity index (χ3n) is 4.58. The summed E-state index contributed by atoms with van der Waals surface area (Å²) in [7, 11) is 0. The van der Waals surface area contributed by atoms with Gasteiger partial charge in [-0.15, -0.1) is 0 Å². The minimum atomic E-state index is 0.506. The molecule has 0 bridgehead atoms. The molecular weight excluding hydrogens is 234 g/mol. The van der Waals surface area contributed by atoms with Gasteiger partial charge in [0.05, 0.1) is 6.61 Å². The molecule has 0 aromatic heterocycles. The molecule has 1 N–H and O–H groups in total. The molecule has 0 amide bonds. The number of anilines is 1. The Balaban J connectivity index is 1.57. The second-order valence-corrected chi connectivity index (χ2v) is 6.93. The number of benzene rings is 1. The minimum absolute atomic E-state index is 0.506. The zero-order valence-corrected chi connectivity index (χ0v) is 12.2. The van der Waals surface area contributed by atoms with E-state index in [0.717, 1.165) is 31.2 Å². The third kappa shape index (κ3) is 3.05. The Hall–Kier alpha value is -1.18. The molecule has 3 rings (SSSR count). The zero-order valence-electron chi connectivity index (χ0n) is 12.2. The highest BCUT2D eigenvalue weighted by atomic mass is 16.5. The molecule has 19 heavy (non-hydrogen) atoms. The van der Waals surface area contributed by atoms with Crippen LogP contribution in [0.4, 0.5) is 5.69 Å². The van der Waals surface area contributed by atoms with Crippen LogP contribution in [-0.2, 0) is 6.42 Å². The van der Waals surface area contributed by atoms with Crippen molar-refractivity contribution in [2.24, 2.45) is 11.3 Å². The SMILES string of the molecule is CC1(C)CCCC(COc2ccc3c(c2)NCC3)C1. The second-order valence-electron chi connectivity index (χ2n) is 6.93. The summed E-state index contributed by atoms with van der Waals surface area (Å²) in [4.78, 5) is 0. The molecule has 1 heterocycles. The van der Waals surface area contributed by atoms with E-state index < -0.39 is 0 Å². The van der Waals surface area contributed by atoms with Gasteiger partial charge in [-0.05, 0) is 48.6 Å². The van der Waals surface area contributed by atoms with E-state index in [0.29, 0.717) is 5.41 Å². The summed E-state index contributed by atoms with van der Waals surface area (Å²) in [6.45, 7) is 6.72. The first kappa shape index (κ1) is 12.8. The van der Waals surface area contributed by atoms with Gasteiger partial charge in [0.25, 0.3) is 0 Å². The fourth-order valence-corrected chi connectivity index (χ4v) is 3.57. The van der Waals surface area contributed by atoms with Gasteiger partial charge in [-0.25, -0.2) is 0 Å². The minimum Gasteiger partial charge on any atom is -0.493 e. The van der Waals surface area contributed by atoms with E-state index in [1.54, 1.807) is 0 Å². The largest absolute Gasteiger partial charge is 0.493 e. The normalized spacial score (nSPS) is 24.6. The van der Waals surface area contributed by atoms with Crippen LogP contribution in [0.1, 0.15) is 45.1 Å². The van der Waals surface area contributed by atoms with E-state index in [2.05, 4.69) is 37.4 Å². The molecule has 0 saturated heterocycles. The predicted octanol–water partition coefficient (Wildman–Crippen LogP) is 4.25. The van der Waals surface area contributed by atoms with Crippen LogP contribution in [0.25, 0.3) is 0 Å². The topological polar surface area (TPSA) is 21.3 Å². The standard InChI is InChI=1S/C17H25NO/c1-17(2)8-3-4-13(11-17)12-19-15-6-5-14-7-9-18-16(14)10-15/h5-6,10,13,18H,3-4,7-9,11-12H2,1-2H3. The van der Waals surface area contributed by atoms with Gasteiger partial charge in [0.1, 0.15) is 5.75 Å². The molecule has 1 fully saturated rings. The van der Waals surface area contributed by atoms with Crippen molar-refractivity contribution in [1.29, 1.82) is 0 Å². The summed E-state index contributed by atoms with van der Waals surface area (Å²) < 4.78 is 6.02. The highest BCUT2D eigenvalue weighted by Gasteiger charge is 2.28. The van der Waals surface area contributed by atoms with Crippen molar-refractivity contribution in [3.63, 3.8) is 0 Å². The summed E-state index contributed by atoms with van der Waals surface area (Å²) in [6.07, 6.45) is 6.49. The Bertz CT molecular complexity index is 453. The summed E-state index contributed by atoms with van der Waals surface area (Å²) in [5.74, 6) is 1.75. The smallest absolute Gasteiger partial charge is 0.121 e. The lowest BCUT2D eigenvalue weighted by atomic mass is 9.72. The van der Waals surface area contributed by atoms with Crippen LogP contribution in [0, 0.1) is 11.3 Å². The molecule has 1 unspecified atom stereocenters. The van der Waals surface area contributed by atoms with E-state index >= 15 is 0 Å². The Morgan fingerprint density at radius 1 is 1.37 bits per heavy atom. The number of hydrogen-bond acceptors (Lipinski definition) is 2. The van der Waals surface area contributed by atoms with Crippen molar-refractivity contribution < 1.29 is 4.74 Å². The first-order valence-corrected chi connectivity index (χ1v) is 7.62. The molecule has 1 atom stereocenters. The predicted molar refractivity (Wildman–Crippen MR) is 79.9 cm³/mol. The van der Waals surface area contributed by atoms with E-state index in [4.69, 9.17) is 4.74 Å². The van der Waals surface area contributed by atoms with E-state index in [-0.39, 0.29) is 0 Å². The Labute approximate surface area is 116 Å². The molecule has 2 heteroatoms. The maximum atomic E-state index is 6.02. The zero-order chi connectivity index (χ0) is 13.3.